The van der Waals surface area contributed by atoms with Crippen LogP contribution in [0.3, 0.4) is 0 Å². The summed E-state index contributed by atoms with van der Waals surface area (Å²) in [5.74, 6) is -0.740. The van der Waals surface area contributed by atoms with E-state index in [1.807, 2.05) is 24.3 Å². The van der Waals surface area contributed by atoms with Gasteiger partial charge in [0.25, 0.3) is 0 Å². The van der Waals surface area contributed by atoms with Gasteiger partial charge in [-0.3, -0.25) is 4.79 Å². The fourth-order valence-corrected chi connectivity index (χ4v) is 1.87. The summed E-state index contributed by atoms with van der Waals surface area (Å²) in [7, 11) is 0. The second kappa shape index (κ2) is 6.02. The molecule has 0 saturated carbocycles. The number of hydrogen-bond acceptors (Lipinski definition) is 4. The summed E-state index contributed by atoms with van der Waals surface area (Å²) in [5, 5.41) is 21.9. The molecule has 2 N–H and O–H groups in total. The number of nitrogens with zero attached hydrogens (tertiary/aromatic N) is 2. The molecule has 20 heavy (non-hydrogen) atoms. The summed E-state index contributed by atoms with van der Waals surface area (Å²) < 4.78 is 0. The Balaban J connectivity index is 2.17. The molecule has 102 valence electrons. The first-order valence-electron chi connectivity index (χ1n) is 6.38. The smallest absolute Gasteiger partial charge is 0.306 e. The number of pyridine rings is 1. The first kappa shape index (κ1) is 13.8. The number of rotatable bonds is 5. The second-order valence-corrected chi connectivity index (χ2v) is 4.64. The molecule has 0 radical (unpaired) electrons. The highest BCUT2D eigenvalue weighted by Crippen LogP contribution is 2.19. The Bertz CT molecular complexity index is 676. The van der Waals surface area contributed by atoms with Gasteiger partial charge in [0.05, 0.1) is 17.0 Å². The van der Waals surface area contributed by atoms with Gasteiger partial charge in [-0.1, -0.05) is 25.1 Å². The van der Waals surface area contributed by atoms with E-state index in [1.54, 1.807) is 13.0 Å². The molecule has 1 atom stereocenters. The van der Waals surface area contributed by atoms with Crippen LogP contribution in [0.5, 0.6) is 0 Å². The summed E-state index contributed by atoms with van der Waals surface area (Å²) in [6, 6.07) is 11.5. The van der Waals surface area contributed by atoms with Crippen LogP contribution in [0.25, 0.3) is 10.9 Å². The normalized spacial score (nSPS) is 11.8. The number of anilines is 1. The number of carboxylic acid groups (broad SMARTS) is 1. The van der Waals surface area contributed by atoms with Crippen LogP contribution in [0.2, 0.25) is 0 Å². The number of aliphatic carboxylic acids is 1. The van der Waals surface area contributed by atoms with Crippen LogP contribution in [-0.2, 0) is 4.79 Å². The first-order valence-corrected chi connectivity index (χ1v) is 6.38. The lowest BCUT2D eigenvalue weighted by molar-refractivity contribution is -0.141. The van der Waals surface area contributed by atoms with E-state index in [2.05, 4.69) is 16.4 Å². The van der Waals surface area contributed by atoms with E-state index in [9.17, 15) is 4.79 Å². The van der Waals surface area contributed by atoms with Crippen LogP contribution in [0.15, 0.2) is 30.3 Å². The SMILES string of the molecule is CC(CCNc1nc2ccccc2cc1C#N)C(=O)O. The summed E-state index contributed by atoms with van der Waals surface area (Å²) in [6.45, 7) is 2.12. The lowest BCUT2D eigenvalue weighted by Crippen LogP contribution is -2.15. The van der Waals surface area contributed by atoms with E-state index >= 15 is 0 Å². The third-order valence-corrected chi connectivity index (χ3v) is 3.14. The molecule has 0 aliphatic rings. The first-order chi connectivity index (χ1) is 9.61. The minimum atomic E-state index is -0.821. The maximum Gasteiger partial charge on any atom is 0.306 e. The Morgan fingerprint density at radius 2 is 2.25 bits per heavy atom. The monoisotopic (exact) mass is 269 g/mol. The van der Waals surface area contributed by atoms with Gasteiger partial charge in [0.1, 0.15) is 11.9 Å². The minimum absolute atomic E-state index is 0.423. The zero-order valence-electron chi connectivity index (χ0n) is 11.1. The molecule has 0 aliphatic heterocycles. The van der Waals surface area contributed by atoms with Gasteiger partial charge in [0.15, 0.2) is 0 Å². The minimum Gasteiger partial charge on any atom is -0.481 e. The van der Waals surface area contributed by atoms with E-state index < -0.39 is 11.9 Å². The van der Waals surface area contributed by atoms with Gasteiger partial charge in [-0.15, -0.1) is 0 Å². The zero-order valence-corrected chi connectivity index (χ0v) is 11.1. The summed E-state index contributed by atoms with van der Waals surface area (Å²) in [4.78, 5) is 15.2. The number of aromatic nitrogens is 1. The molecule has 0 aliphatic carbocycles. The summed E-state index contributed by atoms with van der Waals surface area (Å²) in [6.07, 6.45) is 0.481. The molecule has 0 fully saturated rings. The number of nitrogens with one attached hydrogen (secondary N) is 1. The molecule has 2 aromatic rings. The molecule has 0 bridgehead atoms. The van der Waals surface area contributed by atoms with Gasteiger partial charge in [-0.25, -0.2) is 4.98 Å². The van der Waals surface area contributed by atoms with Gasteiger partial charge in [-0.05, 0) is 18.6 Å². The quantitative estimate of drug-likeness (QED) is 0.871. The Kier molecular flexibility index (Phi) is 4.16. The molecule has 2 rings (SSSR count). The Hall–Kier alpha value is -2.61. The van der Waals surface area contributed by atoms with E-state index in [0.717, 1.165) is 10.9 Å². The maximum atomic E-state index is 10.7. The van der Waals surface area contributed by atoms with E-state index in [-0.39, 0.29) is 0 Å². The molecule has 0 amide bonds. The highest BCUT2D eigenvalue weighted by atomic mass is 16.4. The van der Waals surface area contributed by atoms with Crippen molar-refractivity contribution in [3.05, 3.63) is 35.9 Å². The highest BCUT2D eigenvalue weighted by Gasteiger charge is 2.11. The summed E-state index contributed by atoms with van der Waals surface area (Å²) in [5.41, 5.74) is 1.27. The van der Waals surface area contributed by atoms with Gasteiger partial charge in [-0.2, -0.15) is 5.26 Å². The molecule has 1 aromatic carbocycles. The number of carbonyl (C=O) groups is 1. The largest absolute Gasteiger partial charge is 0.481 e. The lowest BCUT2D eigenvalue weighted by atomic mass is 10.1. The number of carboxylic acids is 1. The van der Waals surface area contributed by atoms with Gasteiger partial charge < -0.3 is 10.4 Å². The number of benzene rings is 1. The molecule has 5 nitrogen and oxygen atoms in total. The van der Waals surface area contributed by atoms with Crippen LogP contribution in [0.4, 0.5) is 5.82 Å². The average Bonchev–Trinajstić information content (AvgIpc) is 2.46. The van der Waals surface area contributed by atoms with Gasteiger partial charge in [0, 0.05) is 11.9 Å². The van der Waals surface area contributed by atoms with Crippen molar-refractivity contribution in [2.75, 3.05) is 11.9 Å². The molecule has 5 heteroatoms. The Morgan fingerprint density at radius 1 is 1.50 bits per heavy atom. The van der Waals surface area contributed by atoms with Crippen molar-refractivity contribution in [1.82, 2.24) is 4.98 Å². The van der Waals surface area contributed by atoms with E-state index in [1.165, 1.54) is 0 Å². The molecule has 1 aromatic heterocycles. The standard InChI is InChI=1S/C15H15N3O2/c1-10(15(19)20)6-7-17-14-12(9-16)8-11-4-2-3-5-13(11)18-14/h2-5,8,10H,6-7H2,1H3,(H,17,18)(H,19,20). The van der Waals surface area contributed by atoms with E-state index in [0.29, 0.717) is 24.3 Å². The van der Waals surface area contributed by atoms with Crippen LogP contribution in [0, 0.1) is 17.2 Å². The van der Waals surface area contributed by atoms with Crippen molar-refractivity contribution >= 4 is 22.7 Å². The van der Waals surface area contributed by atoms with Crippen molar-refractivity contribution in [2.24, 2.45) is 5.92 Å². The van der Waals surface area contributed by atoms with E-state index in [4.69, 9.17) is 10.4 Å². The third-order valence-electron chi connectivity index (χ3n) is 3.14. The predicted octanol–water partition coefficient (Wildman–Crippen LogP) is 2.63. The van der Waals surface area contributed by atoms with Crippen molar-refractivity contribution in [3.8, 4) is 6.07 Å². The van der Waals surface area contributed by atoms with Crippen molar-refractivity contribution in [3.63, 3.8) is 0 Å². The van der Waals surface area contributed by atoms with Crippen LogP contribution in [-0.4, -0.2) is 22.6 Å². The van der Waals surface area contributed by atoms with Crippen molar-refractivity contribution in [1.29, 1.82) is 5.26 Å². The number of hydrogen-bond donors (Lipinski definition) is 2. The molecular weight excluding hydrogens is 254 g/mol. The van der Waals surface area contributed by atoms with Gasteiger partial charge in [0.2, 0.25) is 0 Å². The summed E-state index contributed by atoms with van der Waals surface area (Å²) >= 11 is 0. The second-order valence-electron chi connectivity index (χ2n) is 4.64. The molecule has 0 spiro atoms. The van der Waals surface area contributed by atoms with Crippen molar-refractivity contribution < 1.29 is 9.90 Å². The number of para-hydroxylation sites is 1. The molecule has 1 heterocycles. The van der Waals surface area contributed by atoms with Crippen LogP contribution in [0.1, 0.15) is 18.9 Å². The topological polar surface area (TPSA) is 86.0 Å². The predicted molar refractivity (Wildman–Crippen MR) is 76.4 cm³/mol. The molecular formula is C15H15N3O2. The number of nitriles is 1. The molecule has 0 saturated heterocycles. The fraction of sp³-hybridized carbons (Fsp3) is 0.267. The van der Waals surface area contributed by atoms with Crippen LogP contribution >= 0.6 is 0 Å². The third kappa shape index (κ3) is 3.04. The Labute approximate surface area is 116 Å². The fourth-order valence-electron chi connectivity index (χ4n) is 1.87. The Morgan fingerprint density at radius 3 is 2.95 bits per heavy atom. The lowest BCUT2D eigenvalue weighted by Gasteiger charge is -2.10. The van der Waals surface area contributed by atoms with Crippen LogP contribution < -0.4 is 5.32 Å². The van der Waals surface area contributed by atoms with Gasteiger partial charge >= 0.3 is 5.97 Å². The molecule has 1 unspecified atom stereocenters. The van der Waals surface area contributed by atoms with Crippen molar-refractivity contribution in [2.45, 2.75) is 13.3 Å². The number of fused-ring (bicyclic) bond motifs is 1. The zero-order chi connectivity index (χ0) is 14.5. The highest BCUT2D eigenvalue weighted by molar-refractivity contribution is 5.82. The average molecular weight is 269 g/mol. The maximum absolute atomic E-state index is 10.7.